The van der Waals surface area contributed by atoms with Crippen LogP contribution in [-0.2, 0) is 13.0 Å². The fourth-order valence-corrected chi connectivity index (χ4v) is 3.92. The molecule has 0 bridgehead atoms. The molecule has 0 spiro atoms. The number of carbonyl (C=O) groups is 1. The lowest BCUT2D eigenvalue weighted by atomic mass is 9.96. The van der Waals surface area contributed by atoms with E-state index >= 15 is 0 Å². The number of amides is 1. The molecule has 2 heterocycles. The maximum absolute atomic E-state index is 13.8. The molecule has 0 aliphatic carbocycles. The highest BCUT2D eigenvalue weighted by Gasteiger charge is 2.36. The van der Waals surface area contributed by atoms with E-state index in [1.807, 2.05) is 48.5 Å². The van der Waals surface area contributed by atoms with Crippen LogP contribution in [0, 0.1) is 0 Å². The number of hydrogen-bond donors (Lipinski definition) is 2. The van der Waals surface area contributed by atoms with Crippen molar-refractivity contribution in [2.45, 2.75) is 44.8 Å². The van der Waals surface area contributed by atoms with E-state index in [9.17, 15) is 13.6 Å². The van der Waals surface area contributed by atoms with Gasteiger partial charge in [-0.15, -0.1) is 0 Å². The van der Waals surface area contributed by atoms with Crippen molar-refractivity contribution in [2.24, 2.45) is 0 Å². The average Bonchev–Trinajstić information content (AvgIpc) is 3.26. The van der Waals surface area contributed by atoms with E-state index in [2.05, 4.69) is 22.7 Å². The molecular weight excluding hydrogens is 414 g/mol. The molecule has 1 aliphatic heterocycles. The average molecular weight is 440 g/mol. The number of halogens is 2. The van der Waals surface area contributed by atoms with E-state index in [0.29, 0.717) is 12.4 Å². The highest BCUT2D eigenvalue weighted by molar-refractivity contribution is 5.98. The number of hydrogen-bond acceptors (Lipinski definition) is 4. The minimum absolute atomic E-state index is 0.185. The van der Waals surface area contributed by atoms with Crippen molar-refractivity contribution >= 4 is 11.7 Å². The molecule has 8 heteroatoms. The normalized spacial score (nSPS) is 17.5. The van der Waals surface area contributed by atoms with Crippen molar-refractivity contribution in [1.29, 1.82) is 0 Å². The van der Waals surface area contributed by atoms with Crippen LogP contribution in [0.15, 0.2) is 54.7 Å². The Morgan fingerprint density at radius 2 is 1.88 bits per heavy atom. The van der Waals surface area contributed by atoms with Gasteiger partial charge in [0, 0.05) is 6.54 Å². The van der Waals surface area contributed by atoms with E-state index in [0.717, 1.165) is 23.3 Å². The smallest absolute Gasteiger partial charge is 0.260 e. The Morgan fingerprint density at radius 3 is 2.50 bits per heavy atom. The van der Waals surface area contributed by atoms with Gasteiger partial charge < -0.3 is 15.4 Å². The number of fused-ring (bicyclic) bond motifs is 1. The minimum Gasteiger partial charge on any atom is -0.497 e. The van der Waals surface area contributed by atoms with Gasteiger partial charge in [-0.1, -0.05) is 43.3 Å². The van der Waals surface area contributed by atoms with Crippen molar-refractivity contribution < 1.29 is 18.3 Å². The summed E-state index contributed by atoms with van der Waals surface area (Å²) in [7, 11) is 1.59. The van der Waals surface area contributed by atoms with Gasteiger partial charge in [0.2, 0.25) is 0 Å². The molecule has 4 rings (SSSR count). The number of nitrogens with one attached hydrogen (secondary N) is 2. The Kier molecular flexibility index (Phi) is 6.39. The molecule has 3 aromatic rings. The molecule has 2 atom stereocenters. The van der Waals surface area contributed by atoms with E-state index in [4.69, 9.17) is 4.74 Å². The van der Waals surface area contributed by atoms with Crippen LogP contribution >= 0.6 is 0 Å². The zero-order chi connectivity index (χ0) is 22.7. The summed E-state index contributed by atoms with van der Waals surface area (Å²) in [6, 6.07) is 13.8. The molecule has 0 saturated carbocycles. The predicted octanol–water partition coefficient (Wildman–Crippen LogP) is 4.75. The van der Waals surface area contributed by atoms with E-state index in [1.165, 1.54) is 16.4 Å². The Balaban J connectivity index is 1.54. The van der Waals surface area contributed by atoms with Gasteiger partial charge in [-0.3, -0.25) is 4.79 Å². The lowest BCUT2D eigenvalue weighted by Gasteiger charge is -2.32. The summed E-state index contributed by atoms with van der Waals surface area (Å²) < 4.78 is 34.1. The van der Waals surface area contributed by atoms with Gasteiger partial charge in [-0.2, -0.15) is 5.10 Å². The summed E-state index contributed by atoms with van der Waals surface area (Å²) in [6.07, 6.45) is -0.152. The largest absolute Gasteiger partial charge is 0.497 e. The molecule has 0 unspecified atom stereocenters. The van der Waals surface area contributed by atoms with Crippen LogP contribution < -0.4 is 15.4 Å². The van der Waals surface area contributed by atoms with E-state index in [-0.39, 0.29) is 23.9 Å². The second-order valence-electron chi connectivity index (χ2n) is 7.81. The SMILES string of the molecule is CCc1ccc([C@H]2C[C@@H](C(F)F)n3ncc(C(=O)NCc4ccc(OC)cc4)c3N2)cc1. The van der Waals surface area contributed by atoms with Gasteiger partial charge in [0.1, 0.15) is 23.2 Å². The second kappa shape index (κ2) is 9.38. The number of aromatic nitrogens is 2. The Labute approximate surface area is 185 Å². The molecule has 0 saturated heterocycles. The third-order valence-corrected chi connectivity index (χ3v) is 5.84. The number of nitrogens with zero attached hydrogens (tertiary/aromatic N) is 2. The summed E-state index contributed by atoms with van der Waals surface area (Å²) in [5.41, 5.74) is 3.23. The van der Waals surface area contributed by atoms with Crippen molar-refractivity contribution in [1.82, 2.24) is 15.1 Å². The first-order valence-electron chi connectivity index (χ1n) is 10.6. The van der Waals surface area contributed by atoms with Crippen LogP contribution in [0.3, 0.4) is 0 Å². The van der Waals surface area contributed by atoms with Crippen LogP contribution in [0.2, 0.25) is 0 Å². The molecular formula is C24H26F2N4O2. The summed E-state index contributed by atoms with van der Waals surface area (Å²) in [5, 5.41) is 10.2. The lowest BCUT2D eigenvalue weighted by Crippen LogP contribution is -2.32. The van der Waals surface area contributed by atoms with Crippen LogP contribution in [0.4, 0.5) is 14.6 Å². The highest BCUT2D eigenvalue weighted by Crippen LogP contribution is 2.39. The Morgan fingerprint density at radius 1 is 1.19 bits per heavy atom. The fraction of sp³-hybridized carbons (Fsp3) is 0.333. The van der Waals surface area contributed by atoms with Crippen molar-refractivity contribution in [3.63, 3.8) is 0 Å². The van der Waals surface area contributed by atoms with Crippen molar-refractivity contribution in [3.05, 3.63) is 77.0 Å². The summed E-state index contributed by atoms with van der Waals surface area (Å²) >= 11 is 0. The van der Waals surface area contributed by atoms with Crippen LogP contribution in [-0.4, -0.2) is 29.2 Å². The standard InChI is InChI=1S/C24H26F2N4O2/c1-3-15-4-8-17(9-5-15)20-12-21(22(25)26)30-23(29-20)19(14-28-30)24(31)27-13-16-6-10-18(32-2)11-7-16/h4-11,14,20-22,29H,3,12-13H2,1-2H3,(H,27,31)/t20-,21+/m1/s1. The Bertz CT molecular complexity index is 1060. The number of carbonyl (C=O) groups excluding carboxylic acids is 1. The van der Waals surface area contributed by atoms with Gasteiger partial charge in [0.05, 0.1) is 19.3 Å². The van der Waals surface area contributed by atoms with Gasteiger partial charge in [-0.05, 0) is 41.7 Å². The number of aryl methyl sites for hydroxylation is 1. The number of methoxy groups -OCH3 is 1. The molecule has 0 radical (unpaired) electrons. The molecule has 1 aromatic heterocycles. The first-order valence-corrected chi connectivity index (χ1v) is 10.6. The van der Waals surface area contributed by atoms with Crippen LogP contribution in [0.5, 0.6) is 5.75 Å². The van der Waals surface area contributed by atoms with Gasteiger partial charge in [0.25, 0.3) is 12.3 Å². The molecule has 2 N–H and O–H groups in total. The maximum Gasteiger partial charge on any atom is 0.260 e. The van der Waals surface area contributed by atoms with Gasteiger partial charge >= 0.3 is 0 Å². The summed E-state index contributed by atoms with van der Waals surface area (Å²) in [6.45, 7) is 2.36. The molecule has 1 aliphatic rings. The number of rotatable bonds is 7. The predicted molar refractivity (Wildman–Crippen MR) is 118 cm³/mol. The molecule has 32 heavy (non-hydrogen) atoms. The number of alkyl halides is 2. The zero-order valence-corrected chi connectivity index (χ0v) is 18.0. The number of benzene rings is 2. The minimum atomic E-state index is -2.59. The molecule has 0 fully saturated rings. The second-order valence-corrected chi connectivity index (χ2v) is 7.81. The summed E-state index contributed by atoms with van der Waals surface area (Å²) in [4.78, 5) is 12.9. The first kappa shape index (κ1) is 21.8. The number of anilines is 1. The van der Waals surface area contributed by atoms with E-state index < -0.39 is 12.5 Å². The quantitative estimate of drug-likeness (QED) is 0.557. The molecule has 1 amide bonds. The third-order valence-electron chi connectivity index (χ3n) is 5.84. The van der Waals surface area contributed by atoms with Crippen LogP contribution in [0.1, 0.15) is 52.5 Å². The van der Waals surface area contributed by atoms with Crippen molar-refractivity contribution in [3.8, 4) is 5.75 Å². The lowest BCUT2D eigenvalue weighted by molar-refractivity contribution is 0.0656. The topological polar surface area (TPSA) is 68.2 Å². The van der Waals surface area contributed by atoms with Gasteiger partial charge in [0.15, 0.2) is 0 Å². The molecule has 168 valence electrons. The third kappa shape index (κ3) is 4.44. The molecule has 2 aromatic carbocycles. The summed E-state index contributed by atoms with van der Waals surface area (Å²) in [5.74, 6) is 0.675. The highest BCUT2D eigenvalue weighted by atomic mass is 19.3. The van der Waals surface area contributed by atoms with Crippen LogP contribution in [0.25, 0.3) is 0 Å². The van der Waals surface area contributed by atoms with Crippen molar-refractivity contribution in [2.75, 3.05) is 12.4 Å². The fourth-order valence-electron chi connectivity index (χ4n) is 3.92. The van der Waals surface area contributed by atoms with E-state index in [1.54, 1.807) is 7.11 Å². The Hall–Kier alpha value is -3.42. The monoisotopic (exact) mass is 440 g/mol. The van der Waals surface area contributed by atoms with Gasteiger partial charge in [-0.25, -0.2) is 13.5 Å². The maximum atomic E-state index is 13.8. The zero-order valence-electron chi connectivity index (χ0n) is 18.0. The molecule has 6 nitrogen and oxygen atoms in total. The first-order chi connectivity index (χ1) is 15.5. The number of ether oxygens (including phenoxy) is 1.